The van der Waals surface area contributed by atoms with Crippen LogP contribution >= 0.6 is 0 Å². The summed E-state index contributed by atoms with van der Waals surface area (Å²) in [5.41, 5.74) is 3.50. The largest absolute Gasteiger partial charge is 0.370 e. The molecule has 0 aliphatic heterocycles. The normalized spacial score (nSPS) is 10.6. The molecule has 24 heavy (non-hydrogen) atoms. The molecule has 2 rings (SSSR count). The highest BCUT2D eigenvalue weighted by atomic mass is 15.0. The number of benzene rings is 1. The monoisotopic (exact) mass is 323 g/mol. The Kier molecular flexibility index (Phi) is 7.47. The first-order valence-electron chi connectivity index (χ1n) is 9.07. The molecule has 0 atom stereocenters. The van der Waals surface area contributed by atoms with E-state index >= 15 is 0 Å². The molecule has 1 aromatic heterocycles. The van der Waals surface area contributed by atoms with E-state index in [1.54, 1.807) is 6.20 Å². The summed E-state index contributed by atoms with van der Waals surface area (Å²) in [7, 11) is 0. The highest BCUT2D eigenvalue weighted by molar-refractivity contribution is 6.13. The topological polar surface area (TPSA) is 48.8 Å². The maximum absolute atomic E-state index is 8.52. The van der Waals surface area contributed by atoms with Crippen LogP contribution in [-0.4, -0.2) is 17.2 Å². The summed E-state index contributed by atoms with van der Waals surface area (Å²) < 4.78 is 0. The van der Waals surface area contributed by atoms with Gasteiger partial charge in [0, 0.05) is 23.9 Å². The van der Waals surface area contributed by atoms with Crippen molar-refractivity contribution in [2.45, 2.75) is 52.4 Å². The Bertz CT molecular complexity index is 649. The maximum Gasteiger partial charge on any atom is 0.135 e. The number of anilines is 1. The van der Waals surface area contributed by atoms with Gasteiger partial charge in [0.1, 0.15) is 5.82 Å². The number of rotatable bonds is 10. The van der Waals surface area contributed by atoms with Crippen molar-refractivity contribution in [3.63, 3.8) is 0 Å². The molecule has 0 amide bonds. The molecule has 0 saturated carbocycles. The fourth-order valence-electron chi connectivity index (χ4n) is 2.82. The Morgan fingerprint density at radius 1 is 1.04 bits per heavy atom. The van der Waals surface area contributed by atoms with Gasteiger partial charge in [-0.2, -0.15) is 0 Å². The van der Waals surface area contributed by atoms with Gasteiger partial charge in [0.2, 0.25) is 0 Å². The minimum Gasteiger partial charge on any atom is -0.370 e. The van der Waals surface area contributed by atoms with E-state index in [-0.39, 0.29) is 0 Å². The molecule has 0 bridgehead atoms. The number of aryl methyl sites for hydroxylation is 1. The van der Waals surface area contributed by atoms with E-state index in [1.807, 2.05) is 30.3 Å². The predicted molar refractivity (Wildman–Crippen MR) is 103 cm³/mol. The van der Waals surface area contributed by atoms with E-state index in [0.717, 1.165) is 29.9 Å². The molecule has 128 valence electrons. The molecular weight excluding hydrogens is 294 g/mol. The van der Waals surface area contributed by atoms with Crippen molar-refractivity contribution < 1.29 is 0 Å². The standard InChI is InChI=1S/C21H29N3/c1-3-4-5-6-7-8-14-23-21-19(13-10-15-24-21)20(22)18-12-9-11-17(2)16-18/h9-13,15-16,22H,3-8,14H2,1-2H3,(H,23,24). The van der Waals surface area contributed by atoms with E-state index in [2.05, 4.69) is 30.2 Å². The van der Waals surface area contributed by atoms with Crippen molar-refractivity contribution >= 4 is 11.5 Å². The minimum atomic E-state index is 0.525. The maximum atomic E-state index is 8.52. The van der Waals surface area contributed by atoms with Crippen LogP contribution in [-0.2, 0) is 0 Å². The summed E-state index contributed by atoms with van der Waals surface area (Å²) in [6, 6.07) is 12.0. The summed E-state index contributed by atoms with van der Waals surface area (Å²) in [6.07, 6.45) is 9.47. The molecule has 1 heterocycles. The lowest BCUT2D eigenvalue weighted by Gasteiger charge is -2.12. The second-order valence-electron chi connectivity index (χ2n) is 6.34. The minimum absolute atomic E-state index is 0.525. The fourth-order valence-corrected chi connectivity index (χ4v) is 2.82. The van der Waals surface area contributed by atoms with Gasteiger partial charge in [0.25, 0.3) is 0 Å². The SMILES string of the molecule is CCCCCCCCNc1ncccc1C(=N)c1cccc(C)c1. The smallest absolute Gasteiger partial charge is 0.135 e. The van der Waals surface area contributed by atoms with Crippen LogP contribution in [0, 0.1) is 12.3 Å². The van der Waals surface area contributed by atoms with E-state index in [4.69, 9.17) is 5.41 Å². The van der Waals surface area contributed by atoms with E-state index in [9.17, 15) is 0 Å². The van der Waals surface area contributed by atoms with E-state index in [0.29, 0.717) is 5.71 Å². The molecule has 0 radical (unpaired) electrons. The zero-order valence-corrected chi connectivity index (χ0v) is 14.9. The quantitative estimate of drug-likeness (QED) is 0.443. The van der Waals surface area contributed by atoms with E-state index < -0.39 is 0 Å². The van der Waals surface area contributed by atoms with Crippen molar-refractivity contribution in [3.8, 4) is 0 Å². The average Bonchev–Trinajstić information content (AvgIpc) is 2.61. The van der Waals surface area contributed by atoms with Gasteiger partial charge in [0.05, 0.1) is 5.71 Å². The van der Waals surface area contributed by atoms with Crippen LogP contribution in [0.3, 0.4) is 0 Å². The Hall–Kier alpha value is -2.16. The van der Waals surface area contributed by atoms with E-state index in [1.165, 1.54) is 37.7 Å². The lowest BCUT2D eigenvalue weighted by atomic mass is 10.0. The zero-order chi connectivity index (χ0) is 17.2. The summed E-state index contributed by atoms with van der Waals surface area (Å²) in [4.78, 5) is 4.44. The van der Waals surface area contributed by atoms with Gasteiger partial charge in [-0.05, 0) is 31.5 Å². The Morgan fingerprint density at radius 2 is 1.83 bits per heavy atom. The van der Waals surface area contributed by atoms with Crippen molar-refractivity contribution in [1.82, 2.24) is 4.98 Å². The number of nitrogens with one attached hydrogen (secondary N) is 2. The van der Waals surface area contributed by atoms with Gasteiger partial charge >= 0.3 is 0 Å². The van der Waals surface area contributed by atoms with Gasteiger partial charge in [-0.15, -0.1) is 0 Å². The second-order valence-corrected chi connectivity index (χ2v) is 6.34. The summed E-state index contributed by atoms with van der Waals surface area (Å²) in [6.45, 7) is 5.21. The van der Waals surface area contributed by atoms with Gasteiger partial charge in [-0.3, -0.25) is 5.41 Å². The number of aromatic nitrogens is 1. The molecule has 1 aromatic carbocycles. The predicted octanol–water partition coefficient (Wildman–Crippen LogP) is 5.58. The summed E-state index contributed by atoms with van der Waals surface area (Å²) in [5.74, 6) is 0.817. The van der Waals surface area contributed by atoms with Gasteiger partial charge in [-0.25, -0.2) is 4.98 Å². The van der Waals surface area contributed by atoms with Gasteiger partial charge < -0.3 is 5.32 Å². The van der Waals surface area contributed by atoms with Crippen LogP contribution in [0.5, 0.6) is 0 Å². The Labute approximate surface area is 146 Å². The Balaban J connectivity index is 1.94. The molecule has 0 aliphatic carbocycles. The van der Waals surface area contributed by atoms with Crippen LogP contribution in [0.2, 0.25) is 0 Å². The molecular formula is C21H29N3. The van der Waals surface area contributed by atoms with Crippen molar-refractivity contribution in [1.29, 1.82) is 5.41 Å². The third-order valence-corrected chi connectivity index (χ3v) is 4.21. The zero-order valence-electron chi connectivity index (χ0n) is 14.9. The van der Waals surface area contributed by atoms with Crippen molar-refractivity contribution in [2.75, 3.05) is 11.9 Å². The number of pyridine rings is 1. The summed E-state index contributed by atoms with van der Waals surface area (Å²) >= 11 is 0. The first kappa shape index (κ1) is 18.2. The number of hydrogen-bond donors (Lipinski definition) is 2. The molecule has 0 fully saturated rings. The van der Waals surface area contributed by atoms with Crippen molar-refractivity contribution in [3.05, 3.63) is 59.3 Å². The van der Waals surface area contributed by atoms with Gasteiger partial charge in [-0.1, -0.05) is 62.8 Å². The van der Waals surface area contributed by atoms with Crippen molar-refractivity contribution in [2.24, 2.45) is 0 Å². The number of hydrogen-bond acceptors (Lipinski definition) is 3. The first-order valence-corrected chi connectivity index (χ1v) is 9.07. The molecule has 3 nitrogen and oxygen atoms in total. The highest BCUT2D eigenvalue weighted by Crippen LogP contribution is 2.18. The van der Waals surface area contributed by atoms with Crippen LogP contribution in [0.25, 0.3) is 0 Å². The number of nitrogens with zero attached hydrogens (tertiary/aromatic N) is 1. The third kappa shape index (κ3) is 5.48. The van der Waals surface area contributed by atoms with Gasteiger partial charge in [0.15, 0.2) is 0 Å². The first-order chi connectivity index (χ1) is 11.7. The molecule has 0 saturated heterocycles. The highest BCUT2D eigenvalue weighted by Gasteiger charge is 2.10. The van der Waals surface area contributed by atoms with Crippen LogP contribution in [0.4, 0.5) is 5.82 Å². The molecule has 2 N–H and O–H groups in total. The fraction of sp³-hybridized carbons (Fsp3) is 0.429. The van der Waals surface area contributed by atoms with Crippen LogP contribution < -0.4 is 5.32 Å². The third-order valence-electron chi connectivity index (χ3n) is 4.21. The summed E-state index contributed by atoms with van der Waals surface area (Å²) in [5, 5.41) is 11.9. The molecule has 3 heteroatoms. The molecule has 0 unspecified atom stereocenters. The lowest BCUT2D eigenvalue weighted by Crippen LogP contribution is -2.10. The van der Waals surface area contributed by atoms with Crippen LogP contribution in [0.15, 0.2) is 42.6 Å². The lowest BCUT2D eigenvalue weighted by molar-refractivity contribution is 0.617. The Morgan fingerprint density at radius 3 is 2.62 bits per heavy atom. The average molecular weight is 323 g/mol. The molecule has 0 spiro atoms. The number of unbranched alkanes of at least 4 members (excludes halogenated alkanes) is 5. The molecule has 0 aliphatic rings. The molecule has 2 aromatic rings. The second kappa shape index (κ2) is 9.86. The van der Waals surface area contributed by atoms with Crippen LogP contribution in [0.1, 0.15) is 62.1 Å².